The zero-order valence-electron chi connectivity index (χ0n) is 18.3. The van der Waals surface area contributed by atoms with Crippen molar-refractivity contribution >= 4 is 22.9 Å². The summed E-state index contributed by atoms with van der Waals surface area (Å²) in [5, 5.41) is 6.81. The van der Waals surface area contributed by atoms with Crippen molar-refractivity contribution in [1.29, 1.82) is 0 Å². The van der Waals surface area contributed by atoms with E-state index in [0.717, 1.165) is 16.8 Å². The maximum absolute atomic E-state index is 12.8. The number of furan rings is 1. The number of hydrogen-bond acceptors (Lipinski definition) is 6. The molecule has 0 saturated heterocycles. The Morgan fingerprint density at radius 3 is 2.56 bits per heavy atom. The number of rotatable bonds is 7. The van der Waals surface area contributed by atoms with Gasteiger partial charge in [0.2, 0.25) is 5.95 Å². The smallest absolute Gasteiger partial charge is 0.256 e. The fourth-order valence-corrected chi connectivity index (χ4v) is 3.33. The first kappa shape index (κ1) is 21.3. The van der Waals surface area contributed by atoms with Crippen molar-refractivity contribution in [2.75, 3.05) is 11.9 Å². The first-order chi connectivity index (χ1) is 15.4. The molecule has 0 aliphatic heterocycles. The molecule has 8 heteroatoms. The number of aromatic nitrogens is 3. The molecular formula is C24H25N5O3. The maximum Gasteiger partial charge on any atom is 0.256 e. The second kappa shape index (κ2) is 9.05. The van der Waals surface area contributed by atoms with Crippen LogP contribution < -0.4 is 16.2 Å². The normalized spacial score (nSPS) is 11.1. The molecule has 4 rings (SSSR count). The Kier molecular flexibility index (Phi) is 6.02. The molecule has 1 aromatic carbocycles. The standard InChI is InChI=1S/C24H25N5O3/c1-15(2)13-25-23(31)17-6-8-18(9-7-17)29-21(30)11-10-20-16(3)27-24(28-22(20)29)26-14-19-5-4-12-32-19/h4-12,15H,13-14H2,1-3H3,(H,25,31)(H,26,27,28). The molecule has 3 aromatic heterocycles. The topological polar surface area (TPSA) is 102 Å². The van der Waals surface area contributed by atoms with E-state index in [-0.39, 0.29) is 11.5 Å². The van der Waals surface area contributed by atoms with Crippen molar-refractivity contribution in [2.24, 2.45) is 5.92 Å². The fraction of sp³-hybridized carbons (Fsp3) is 0.250. The van der Waals surface area contributed by atoms with Gasteiger partial charge in [-0.1, -0.05) is 13.8 Å². The Labute approximate surface area is 185 Å². The number of pyridine rings is 1. The molecule has 0 atom stereocenters. The minimum absolute atomic E-state index is 0.141. The lowest BCUT2D eigenvalue weighted by Crippen LogP contribution is -2.27. The lowest BCUT2D eigenvalue weighted by Gasteiger charge is -2.13. The van der Waals surface area contributed by atoms with Gasteiger partial charge in [-0.3, -0.25) is 14.2 Å². The van der Waals surface area contributed by atoms with Gasteiger partial charge in [-0.2, -0.15) is 4.98 Å². The highest BCUT2D eigenvalue weighted by Gasteiger charge is 2.13. The zero-order chi connectivity index (χ0) is 22.7. The van der Waals surface area contributed by atoms with Gasteiger partial charge in [-0.05, 0) is 55.3 Å². The van der Waals surface area contributed by atoms with Crippen LogP contribution in [-0.4, -0.2) is 27.0 Å². The molecule has 0 bridgehead atoms. The van der Waals surface area contributed by atoms with Crippen molar-refractivity contribution in [1.82, 2.24) is 19.9 Å². The first-order valence-electron chi connectivity index (χ1n) is 10.5. The van der Waals surface area contributed by atoms with Crippen LogP contribution in [0.1, 0.15) is 35.7 Å². The molecule has 0 fully saturated rings. The number of carbonyl (C=O) groups excluding carboxylic acids is 1. The summed E-state index contributed by atoms with van der Waals surface area (Å²) in [6.45, 7) is 6.98. The summed E-state index contributed by atoms with van der Waals surface area (Å²) in [7, 11) is 0. The maximum atomic E-state index is 12.8. The molecule has 8 nitrogen and oxygen atoms in total. The van der Waals surface area contributed by atoms with Gasteiger partial charge in [0.25, 0.3) is 11.5 Å². The molecule has 0 unspecified atom stereocenters. The molecule has 4 aromatic rings. The van der Waals surface area contributed by atoms with Crippen molar-refractivity contribution < 1.29 is 9.21 Å². The third-order valence-electron chi connectivity index (χ3n) is 5.00. The predicted octanol–water partition coefficient (Wildman–Crippen LogP) is 3.68. The fourth-order valence-electron chi connectivity index (χ4n) is 3.33. The second-order valence-electron chi connectivity index (χ2n) is 7.96. The lowest BCUT2D eigenvalue weighted by molar-refractivity contribution is 0.0949. The van der Waals surface area contributed by atoms with Crippen LogP contribution in [0.3, 0.4) is 0 Å². The van der Waals surface area contributed by atoms with E-state index >= 15 is 0 Å². The predicted molar refractivity (Wildman–Crippen MR) is 123 cm³/mol. The van der Waals surface area contributed by atoms with Crippen LogP contribution in [0.5, 0.6) is 0 Å². The van der Waals surface area contributed by atoms with E-state index in [1.165, 1.54) is 10.6 Å². The number of nitrogens with one attached hydrogen (secondary N) is 2. The number of benzene rings is 1. The number of anilines is 1. The minimum Gasteiger partial charge on any atom is -0.467 e. The number of fused-ring (bicyclic) bond motifs is 1. The Hall–Kier alpha value is -3.94. The van der Waals surface area contributed by atoms with Crippen LogP contribution in [0.15, 0.2) is 64.0 Å². The van der Waals surface area contributed by atoms with E-state index in [0.29, 0.717) is 41.9 Å². The van der Waals surface area contributed by atoms with Crippen molar-refractivity contribution in [2.45, 2.75) is 27.3 Å². The average molecular weight is 431 g/mol. The SMILES string of the molecule is Cc1nc(NCc2ccco2)nc2c1ccc(=O)n2-c1ccc(C(=O)NCC(C)C)cc1. The monoisotopic (exact) mass is 431 g/mol. The summed E-state index contributed by atoms with van der Waals surface area (Å²) in [5.74, 6) is 1.38. The van der Waals surface area contributed by atoms with E-state index < -0.39 is 0 Å². The molecule has 0 spiro atoms. The van der Waals surface area contributed by atoms with E-state index in [4.69, 9.17) is 4.42 Å². The van der Waals surface area contributed by atoms with E-state index in [1.54, 1.807) is 36.6 Å². The van der Waals surface area contributed by atoms with Gasteiger partial charge < -0.3 is 15.1 Å². The highest BCUT2D eigenvalue weighted by Crippen LogP contribution is 2.20. The molecule has 32 heavy (non-hydrogen) atoms. The van der Waals surface area contributed by atoms with E-state index in [1.807, 2.05) is 32.9 Å². The molecule has 2 N–H and O–H groups in total. The van der Waals surface area contributed by atoms with Crippen LogP contribution in [0.2, 0.25) is 0 Å². The Morgan fingerprint density at radius 2 is 1.88 bits per heavy atom. The number of aryl methyl sites for hydroxylation is 1. The van der Waals surface area contributed by atoms with Gasteiger partial charge in [0.05, 0.1) is 24.2 Å². The first-order valence-corrected chi connectivity index (χ1v) is 10.5. The third kappa shape index (κ3) is 4.54. The molecule has 0 radical (unpaired) electrons. The number of amides is 1. The molecule has 0 aliphatic rings. The molecule has 164 valence electrons. The van der Waals surface area contributed by atoms with Crippen molar-refractivity contribution in [3.63, 3.8) is 0 Å². The largest absolute Gasteiger partial charge is 0.467 e. The third-order valence-corrected chi connectivity index (χ3v) is 5.00. The van der Waals surface area contributed by atoms with Crippen molar-refractivity contribution in [3.05, 3.63) is 82.2 Å². The molecule has 0 saturated carbocycles. The van der Waals surface area contributed by atoms with Crippen LogP contribution in [0.4, 0.5) is 5.95 Å². The van der Waals surface area contributed by atoms with Crippen LogP contribution in [-0.2, 0) is 6.54 Å². The van der Waals surface area contributed by atoms with Gasteiger partial charge in [0.15, 0.2) is 5.65 Å². The van der Waals surface area contributed by atoms with E-state index in [9.17, 15) is 9.59 Å². The van der Waals surface area contributed by atoms with Crippen LogP contribution >= 0.6 is 0 Å². The van der Waals surface area contributed by atoms with Crippen molar-refractivity contribution in [3.8, 4) is 5.69 Å². The molecule has 1 amide bonds. The second-order valence-corrected chi connectivity index (χ2v) is 7.96. The highest BCUT2D eigenvalue weighted by molar-refractivity contribution is 5.94. The Bertz CT molecular complexity index is 1290. The molecule has 3 heterocycles. The van der Waals surface area contributed by atoms with Crippen LogP contribution in [0.25, 0.3) is 16.7 Å². The zero-order valence-corrected chi connectivity index (χ0v) is 18.3. The van der Waals surface area contributed by atoms with E-state index in [2.05, 4.69) is 20.6 Å². The minimum atomic E-state index is -0.218. The molecule has 0 aliphatic carbocycles. The summed E-state index contributed by atoms with van der Waals surface area (Å²) >= 11 is 0. The van der Waals surface area contributed by atoms with Crippen LogP contribution in [0, 0.1) is 12.8 Å². The van der Waals surface area contributed by atoms with Gasteiger partial charge in [-0.25, -0.2) is 4.98 Å². The summed E-state index contributed by atoms with van der Waals surface area (Å²) in [4.78, 5) is 34.2. The number of carbonyl (C=O) groups is 1. The van der Waals surface area contributed by atoms with Gasteiger partial charge in [0.1, 0.15) is 5.76 Å². The lowest BCUT2D eigenvalue weighted by atomic mass is 10.1. The van der Waals surface area contributed by atoms with Gasteiger partial charge in [0, 0.05) is 23.6 Å². The summed E-state index contributed by atoms with van der Waals surface area (Å²) in [5.41, 5.74) is 2.18. The van der Waals surface area contributed by atoms with Gasteiger partial charge in [-0.15, -0.1) is 0 Å². The highest BCUT2D eigenvalue weighted by atomic mass is 16.3. The summed E-state index contributed by atoms with van der Waals surface area (Å²) in [6, 6.07) is 13.8. The van der Waals surface area contributed by atoms with Gasteiger partial charge >= 0.3 is 0 Å². The number of hydrogen-bond donors (Lipinski definition) is 2. The Morgan fingerprint density at radius 1 is 1.09 bits per heavy atom. The quantitative estimate of drug-likeness (QED) is 0.463. The summed E-state index contributed by atoms with van der Waals surface area (Å²) < 4.78 is 6.87. The Balaban J connectivity index is 1.69. The average Bonchev–Trinajstić information content (AvgIpc) is 3.30. The summed E-state index contributed by atoms with van der Waals surface area (Å²) in [6.07, 6.45) is 1.61. The number of nitrogens with zero attached hydrogens (tertiary/aromatic N) is 3. The molecular weight excluding hydrogens is 406 g/mol.